The van der Waals surface area contributed by atoms with Crippen molar-refractivity contribution in [1.29, 1.82) is 0 Å². The number of carboxylic acid groups (broad SMARTS) is 1. The Kier molecular flexibility index (Phi) is 6.30. The van der Waals surface area contributed by atoms with Crippen LogP contribution >= 0.6 is 0 Å². The summed E-state index contributed by atoms with van der Waals surface area (Å²) in [4.78, 5) is 24.8. The van der Waals surface area contributed by atoms with Crippen LogP contribution in [0.1, 0.15) is 47.0 Å². The highest BCUT2D eigenvalue weighted by molar-refractivity contribution is 5.74. The van der Waals surface area contributed by atoms with Crippen LogP contribution in [0.15, 0.2) is 0 Å². The molecule has 1 aliphatic heterocycles. The number of aliphatic carboxylic acids is 1. The van der Waals surface area contributed by atoms with Gasteiger partial charge in [0.2, 0.25) is 0 Å². The molecule has 0 spiro atoms. The molecule has 0 radical (unpaired) electrons. The fraction of sp³-hybridized carbons (Fsp3) is 0.867. The molecule has 0 aliphatic carbocycles. The Labute approximate surface area is 121 Å². The van der Waals surface area contributed by atoms with Gasteiger partial charge < -0.3 is 15.3 Å². The van der Waals surface area contributed by atoms with E-state index < -0.39 is 5.97 Å². The first-order valence-electron chi connectivity index (χ1n) is 7.58. The second-order valence-electron chi connectivity index (χ2n) is 6.41. The molecule has 3 unspecified atom stereocenters. The van der Waals surface area contributed by atoms with Crippen molar-refractivity contribution in [1.82, 2.24) is 10.2 Å². The third-order valence-electron chi connectivity index (χ3n) is 4.40. The molecule has 2 amide bonds. The van der Waals surface area contributed by atoms with Crippen molar-refractivity contribution in [2.45, 2.75) is 53.0 Å². The van der Waals surface area contributed by atoms with Crippen molar-refractivity contribution in [2.24, 2.45) is 17.8 Å². The molecular weight excluding hydrogens is 256 g/mol. The Hall–Kier alpha value is -1.26. The molecule has 0 aromatic rings. The van der Waals surface area contributed by atoms with Gasteiger partial charge in [-0.25, -0.2) is 4.79 Å². The molecule has 3 atom stereocenters. The molecule has 5 nitrogen and oxygen atoms in total. The zero-order chi connectivity index (χ0) is 15.3. The lowest BCUT2D eigenvalue weighted by Gasteiger charge is -2.36. The number of nitrogens with zero attached hydrogens (tertiary/aromatic N) is 1. The predicted octanol–water partition coefficient (Wildman–Crippen LogP) is 2.56. The van der Waals surface area contributed by atoms with Gasteiger partial charge in [-0.15, -0.1) is 0 Å². The van der Waals surface area contributed by atoms with E-state index >= 15 is 0 Å². The van der Waals surface area contributed by atoms with Crippen molar-refractivity contribution in [3.8, 4) is 0 Å². The summed E-state index contributed by atoms with van der Waals surface area (Å²) >= 11 is 0. The quantitative estimate of drug-likeness (QED) is 0.815. The van der Waals surface area contributed by atoms with Gasteiger partial charge in [0.05, 0.1) is 0 Å². The van der Waals surface area contributed by atoms with E-state index in [1.165, 1.54) is 0 Å². The summed E-state index contributed by atoms with van der Waals surface area (Å²) in [7, 11) is 0. The first-order chi connectivity index (χ1) is 9.31. The molecule has 1 heterocycles. The van der Waals surface area contributed by atoms with E-state index in [-0.39, 0.29) is 24.4 Å². The van der Waals surface area contributed by atoms with Crippen LogP contribution in [0.3, 0.4) is 0 Å². The van der Waals surface area contributed by atoms with Crippen LogP contribution in [0.4, 0.5) is 4.79 Å². The van der Waals surface area contributed by atoms with Gasteiger partial charge >= 0.3 is 12.0 Å². The maximum Gasteiger partial charge on any atom is 0.317 e. The summed E-state index contributed by atoms with van der Waals surface area (Å²) in [5.74, 6) is 0.0588. The summed E-state index contributed by atoms with van der Waals surface area (Å²) in [5, 5.41) is 11.9. The van der Waals surface area contributed by atoms with Gasteiger partial charge in [-0.1, -0.05) is 20.8 Å². The van der Waals surface area contributed by atoms with Crippen LogP contribution < -0.4 is 5.32 Å². The van der Waals surface area contributed by atoms with Crippen molar-refractivity contribution < 1.29 is 14.7 Å². The molecule has 116 valence electrons. The Morgan fingerprint density at radius 3 is 2.50 bits per heavy atom. The molecule has 5 heteroatoms. The molecular formula is C15H28N2O3. The monoisotopic (exact) mass is 284 g/mol. The highest BCUT2D eigenvalue weighted by Gasteiger charge is 2.28. The maximum atomic E-state index is 12.2. The van der Waals surface area contributed by atoms with E-state index in [0.717, 1.165) is 19.4 Å². The molecule has 0 bridgehead atoms. The summed E-state index contributed by atoms with van der Waals surface area (Å²) in [6.07, 6.45) is 2.15. The van der Waals surface area contributed by atoms with E-state index in [2.05, 4.69) is 19.2 Å². The number of carboxylic acids is 1. The second kappa shape index (κ2) is 7.50. The first kappa shape index (κ1) is 16.8. The second-order valence-corrected chi connectivity index (χ2v) is 6.41. The molecule has 1 saturated heterocycles. The number of piperidine rings is 1. The molecule has 20 heavy (non-hydrogen) atoms. The van der Waals surface area contributed by atoms with Crippen molar-refractivity contribution in [3.05, 3.63) is 0 Å². The van der Waals surface area contributed by atoms with E-state index in [9.17, 15) is 9.59 Å². The number of amides is 2. The van der Waals surface area contributed by atoms with E-state index in [4.69, 9.17) is 5.11 Å². The average Bonchev–Trinajstić information content (AvgIpc) is 2.37. The van der Waals surface area contributed by atoms with Gasteiger partial charge in [0.15, 0.2) is 0 Å². The fourth-order valence-corrected chi connectivity index (χ4v) is 2.55. The standard InChI is InChI=1S/C15H28N2O3/c1-10(2)12(4)16-15(20)17-7-5-6-13(9-17)11(3)8-14(18)19/h10-13H,5-9H2,1-4H3,(H,16,20)(H,18,19). The SMILES string of the molecule is CC(C)C(C)NC(=O)N1CCCC(C(C)CC(=O)O)C1. The van der Waals surface area contributed by atoms with Gasteiger partial charge in [0.1, 0.15) is 0 Å². The molecule has 2 N–H and O–H groups in total. The maximum absolute atomic E-state index is 12.2. The van der Waals surface area contributed by atoms with Crippen LogP contribution in [0.5, 0.6) is 0 Å². The molecule has 0 aromatic carbocycles. The highest BCUT2D eigenvalue weighted by Crippen LogP contribution is 2.26. The predicted molar refractivity (Wildman–Crippen MR) is 78.5 cm³/mol. The highest BCUT2D eigenvalue weighted by atomic mass is 16.4. The lowest BCUT2D eigenvalue weighted by molar-refractivity contribution is -0.138. The molecule has 0 saturated carbocycles. The van der Waals surface area contributed by atoms with Gasteiger partial charge in [0.25, 0.3) is 0 Å². The normalized spacial score (nSPS) is 22.4. The van der Waals surface area contributed by atoms with E-state index in [1.54, 1.807) is 0 Å². The van der Waals surface area contributed by atoms with Crippen LogP contribution in [-0.2, 0) is 4.79 Å². The summed E-state index contributed by atoms with van der Waals surface area (Å²) in [6, 6.07) is 0.137. The van der Waals surface area contributed by atoms with E-state index in [0.29, 0.717) is 18.4 Å². The van der Waals surface area contributed by atoms with E-state index in [1.807, 2.05) is 18.7 Å². The summed E-state index contributed by atoms with van der Waals surface area (Å²) < 4.78 is 0. The average molecular weight is 284 g/mol. The number of likely N-dealkylation sites (tertiary alicyclic amines) is 1. The van der Waals surface area contributed by atoms with Crippen LogP contribution in [0.25, 0.3) is 0 Å². The number of carbonyl (C=O) groups is 2. The number of urea groups is 1. The molecule has 1 aliphatic rings. The topological polar surface area (TPSA) is 69.6 Å². The van der Waals surface area contributed by atoms with Gasteiger partial charge in [-0.3, -0.25) is 4.79 Å². The van der Waals surface area contributed by atoms with Crippen molar-refractivity contribution in [3.63, 3.8) is 0 Å². The smallest absolute Gasteiger partial charge is 0.317 e. The minimum atomic E-state index is -0.757. The largest absolute Gasteiger partial charge is 0.481 e. The Bertz CT molecular complexity index is 344. The van der Waals surface area contributed by atoms with Crippen molar-refractivity contribution in [2.75, 3.05) is 13.1 Å². The minimum absolute atomic E-state index is 0.0153. The summed E-state index contributed by atoms with van der Waals surface area (Å²) in [6.45, 7) is 9.59. The number of carbonyl (C=O) groups excluding carboxylic acids is 1. The zero-order valence-electron chi connectivity index (χ0n) is 13.1. The zero-order valence-corrected chi connectivity index (χ0v) is 13.1. The third-order valence-corrected chi connectivity index (χ3v) is 4.40. The van der Waals surface area contributed by atoms with Crippen molar-refractivity contribution >= 4 is 12.0 Å². The molecule has 0 aromatic heterocycles. The van der Waals surface area contributed by atoms with Gasteiger partial charge in [0, 0.05) is 25.6 Å². The Morgan fingerprint density at radius 2 is 1.95 bits per heavy atom. The number of hydrogen-bond acceptors (Lipinski definition) is 2. The number of hydrogen-bond donors (Lipinski definition) is 2. The molecule has 1 fully saturated rings. The van der Waals surface area contributed by atoms with Crippen LogP contribution in [0.2, 0.25) is 0 Å². The van der Waals surface area contributed by atoms with Crippen LogP contribution in [0, 0.1) is 17.8 Å². The van der Waals surface area contributed by atoms with Crippen LogP contribution in [-0.4, -0.2) is 41.1 Å². The number of nitrogens with one attached hydrogen (secondary N) is 1. The Morgan fingerprint density at radius 1 is 1.30 bits per heavy atom. The van der Waals surface area contributed by atoms with Gasteiger partial charge in [-0.05, 0) is 37.5 Å². The fourth-order valence-electron chi connectivity index (χ4n) is 2.55. The lowest BCUT2D eigenvalue weighted by Crippen LogP contribution is -2.50. The minimum Gasteiger partial charge on any atom is -0.481 e. The van der Waals surface area contributed by atoms with Gasteiger partial charge in [-0.2, -0.15) is 0 Å². The lowest BCUT2D eigenvalue weighted by atomic mass is 9.85. The first-order valence-corrected chi connectivity index (χ1v) is 7.58. The summed E-state index contributed by atoms with van der Waals surface area (Å²) in [5.41, 5.74) is 0. The Balaban J connectivity index is 2.51. The third kappa shape index (κ3) is 5.02. The number of rotatable bonds is 5. The molecule has 1 rings (SSSR count).